The zero-order chi connectivity index (χ0) is 25.6. The number of carbonyl (C=O) groups excluding carboxylic acids is 1. The largest absolute Gasteiger partial charge is 0.505 e. The molecule has 0 unspecified atom stereocenters. The number of phenolic OH excluding ortho intramolecular Hbond substituents is 1. The third-order valence-electron chi connectivity index (χ3n) is 5.39. The van der Waals surface area contributed by atoms with Gasteiger partial charge in [0.15, 0.2) is 0 Å². The summed E-state index contributed by atoms with van der Waals surface area (Å²) in [5.41, 5.74) is 1.28. The summed E-state index contributed by atoms with van der Waals surface area (Å²) in [7, 11) is 0. The Morgan fingerprint density at radius 2 is 1.33 bits per heavy atom. The van der Waals surface area contributed by atoms with Crippen LogP contribution in [0.25, 0.3) is 0 Å². The summed E-state index contributed by atoms with van der Waals surface area (Å²) in [6.45, 7) is 5.62. The lowest BCUT2D eigenvalue weighted by Crippen LogP contribution is -2.08. The number of phenols is 1. The zero-order valence-corrected chi connectivity index (χ0v) is 21.0. The molecule has 3 rings (SSSR count). The van der Waals surface area contributed by atoms with E-state index >= 15 is 0 Å². The van der Waals surface area contributed by atoms with Crippen molar-refractivity contribution in [2.75, 3.05) is 13.2 Å². The Morgan fingerprint density at radius 1 is 0.722 bits per heavy atom. The van der Waals surface area contributed by atoms with Gasteiger partial charge < -0.3 is 19.3 Å². The second-order valence-electron chi connectivity index (χ2n) is 8.37. The average molecular weight is 491 g/mol. The third kappa shape index (κ3) is 8.73. The van der Waals surface area contributed by atoms with E-state index in [9.17, 15) is 9.90 Å². The zero-order valence-electron chi connectivity index (χ0n) is 21.0. The number of azo groups is 1. The maximum Gasteiger partial charge on any atom is 0.343 e. The van der Waals surface area contributed by atoms with Crippen LogP contribution >= 0.6 is 0 Å². The smallest absolute Gasteiger partial charge is 0.343 e. The highest BCUT2D eigenvalue weighted by molar-refractivity contribution is 5.91. The molecule has 0 amide bonds. The van der Waals surface area contributed by atoms with Crippen LogP contribution in [-0.2, 0) is 0 Å². The van der Waals surface area contributed by atoms with Crippen molar-refractivity contribution in [2.45, 2.75) is 52.4 Å². The lowest BCUT2D eigenvalue weighted by Gasteiger charge is -2.08. The summed E-state index contributed by atoms with van der Waals surface area (Å²) in [5, 5.41) is 18.6. The van der Waals surface area contributed by atoms with Crippen LogP contribution in [0.15, 0.2) is 77.0 Å². The molecule has 0 aliphatic rings. The van der Waals surface area contributed by atoms with Gasteiger partial charge in [-0.3, -0.25) is 0 Å². The van der Waals surface area contributed by atoms with Crippen molar-refractivity contribution in [1.29, 1.82) is 0 Å². The average Bonchev–Trinajstić information content (AvgIpc) is 2.89. The molecule has 36 heavy (non-hydrogen) atoms. The Labute approximate surface area is 212 Å². The minimum atomic E-state index is -0.531. The van der Waals surface area contributed by atoms with E-state index < -0.39 is 5.97 Å². The Bertz CT molecular complexity index is 1110. The first-order valence-corrected chi connectivity index (χ1v) is 12.5. The van der Waals surface area contributed by atoms with E-state index in [0.717, 1.165) is 25.0 Å². The molecule has 7 heteroatoms. The van der Waals surface area contributed by atoms with Gasteiger partial charge in [-0.1, -0.05) is 39.5 Å². The second-order valence-corrected chi connectivity index (χ2v) is 8.37. The Morgan fingerprint density at radius 3 is 1.97 bits per heavy atom. The van der Waals surface area contributed by atoms with Gasteiger partial charge in [-0.2, -0.15) is 5.11 Å². The summed E-state index contributed by atoms with van der Waals surface area (Å²) in [4.78, 5) is 12.4. The summed E-state index contributed by atoms with van der Waals surface area (Å²) >= 11 is 0. The lowest BCUT2D eigenvalue weighted by atomic mass is 10.2. The number of carbonyl (C=O) groups is 1. The molecule has 0 saturated heterocycles. The van der Waals surface area contributed by atoms with Crippen LogP contribution in [0, 0.1) is 0 Å². The van der Waals surface area contributed by atoms with Crippen LogP contribution in [0.3, 0.4) is 0 Å². The van der Waals surface area contributed by atoms with E-state index in [4.69, 9.17) is 14.2 Å². The molecule has 0 aliphatic carbocycles. The van der Waals surface area contributed by atoms with Gasteiger partial charge in [0.2, 0.25) is 0 Å². The summed E-state index contributed by atoms with van der Waals surface area (Å²) in [6.07, 6.45) is 6.67. The van der Waals surface area contributed by atoms with Crippen molar-refractivity contribution in [2.24, 2.45) is 10.2 Å². The van der Waals surface area contributed by atoms with Gasteiger partial charge in [-0.25, -0.2) is 4.79 Å². The summed E-state index contributed by atoms with van der Waals surface area (Å²) in [5.74, 6) is 1.03. The first kappa shape index (κ1) is 26.7. The molecule has 0 bridgehead atoms. The third-order valence-corrected chi connectivity index (χ3v) is 5.39. The number of esters is 1. The van der Waals surface area contributed by atoms with E-state index in [2.05, 4.69) is 24.1 Å². The first-order chi connectivity index (χ1) is 17.6. The maximum atomic E-state index is 12.4. The van der Waals surface area contributed by atoms with Gasteiger partial charge in [0.25, 0.3) is 0 Å². The van der Waals surface area contributed by atoms with E-state index in [1.807, 2.05) is 12.1 Å². The van der Waals surface area contributed by atoms with Gasteiger partial charge in [-0.05, 0) is 73.5 Å². The van der Waals surface area contributed by atoms with Crippen molar-refractivity contribution in [3.05, 3.63) is 72.3 Å². The highest BCUT2D eigenvalue weighted by Gasteiger charge is 2.11. The van der Waals surface area contributed by atoms with Gasteiger partial charge in [0, 0.05) is 6.07 Å². The first-order valence-electron chi connectivity index (χ1n) is 12.5. The predicted molar refractivity (Wildman–Crippen MR) is 140 cm³/mol. The Kier molecular flexibility index (Phi) is 10.8. The summed E-state index contributed by atoms with van der Waals surface area (Å²) in [6, 6.07) is 18.5. The van der Waals surface area contributed by atoms with Crippen molar-refractivity contribution in [3.63, 3.8) is 0 Å². The lowest BCUT2D eigenvalue weighted by molar-refractivity contribution is 0.0734. The topological polar surface area (TPSA) is 89.7 Å². The monoisotopic (exact) mass is 490 g/mol. The number of rotatable bonds is 14. The highest BCUT2D eigenvalue weighted by Crippen LogP contribution is 2.32. The predicted octanol–water partition coefficient (Wildman–Crippen LogP) is 8.16. The second kappa shape index (κ2) is 14.5. The van der Waals surface area contributed by atoms with Gasteiger partial charge >= 0.3 is 5.97 Å². The van der Waals surface area contributed by atoms with Crippen molar-refractivity contribution in [1.82, 2.24) is 0 Å². The van der Waals surface area contributed by atoms with Crippen molar-refractivity contribution < 1.29 is 24.1 Å². The van der Waals surface area contributed by atoms with E-state index in [0.29, 0.717) is 30.2 Å². The molecule has 0 heterocycles. The van der Waals surface area contributed by atoms with Crippen LogP contribution < -0.4 is 14.2 Å². The van der Waals surface area contributed by atoms with Gasteiger partial charge in [0.05, 0.1) is 24.5 Å². The van der Waals surface area contributed by atoms with Crippen LogP contribution in [0.1, 0.15) is 62.7 Å². The van der Waals surface area contributed by atoms with E-state index in [1.54, 1.807) is 48.5 Å². The van der Waals surface area contributed by atoms with Crippen LogP contribution in [0.4, 0.5) is 11.4 Å². The SMILES string of the molecule is CCCCCCOc1ccc(N=Nc2ccc(OC(=O)c3ccc(OCCCC)cc3)cc2O)cc1. The summed E-state index contributed by atoms with van der Waals surface area (Å²) < 4.78 is 16.7. The molecule has 0 radical (unpaired) electrons. The van der Waals surface area contributed by atoms with Crippen LogP contribution in [-0.4, -0.2) is 24.3 Å². The molecule has 0 aromatic heterocycles. The molecule has 0 aliphatic heterocycles. The Hall–Kier alpha value is -3.87. The molecular weight excluding hydrogens is 456 g/mol. The number of benzene rings is 3. The fourth-order valence-electron chi connectivity index (χ4n) is 3.28. The minimum Gasteiger partial charge on any atom is -0.505 e. The highest BCUT2D eigenvalue weighted by atomic mass is 16.5. The normalized spacial score (nSPS) is 10.9. The number of ether oxygens (including phenoxy) is 3. The maximum absolute atomic E-state index is 12.4. The number of nitrogens with zero attached hydrogens (tertiary/aromatic N) is 2. The molecule has 0 atom stereocenters. The molecule has 0 fully saturated rings. The molecule has 3 aromatic carbocycles. The van der Waals surface area contributed by atoms with Gasteiger partial charge in [0.1, 0.15) is 28.7 Å². The number of hydrogen-bond acceptors (Lipinski definition) is 7. The molecule has 0 saturated carbocycles. The molecule has 0 spiro atoms. The fourth-order valence-corrected chi connectivity index (χ4v) is 3.28. The van der Waals surface area contributed by atoms with Gasteiger partial charge in [-0.15, -0.1) is 5.11 Å². The molecule has 3 aromatic rings. The Balaban J connectivity index is 1.52. The quantitative estimate of drug-likeness (QED) is 0.107. The number of unbranched alkanes of at least 4 members (excludes halogenated alkanes) is 4. The molecule has 190 valence electrons. The van der Waals surface area contributed by atoms with Crippen LogP contribution in [0.5, 0.6) is 23.0 Å². The standard InChI is InChI=1S/C29H34N2O5/c1-3-5-7-8-20-35-25-15-11-23(12-16-25)30-31-27-18-17-26(21-28(27)32)36-29(33)22-9-13-24(14-10-22)34-19-6-4-2/h9-18,21,32H,3-8,19-20H2,1-2H3. The minimum absolute atomic E-state index is 0.143. The van der Waals surface area contributed by atoms with Crippen molar-refractivity contribution >= 4 is 17.3 Å². The number of hydrogen-bond donors (Lipinski definition) is 1. The van der Waals surface area contributed by atoms with E-state index in [-0.39, 0.29) is 17.2 Å². The molecule has 7 nitrogen and oxygen atoms in total. The molecule has 1 N–H and O–H groups in total. The van der Waals surface area contributed by atoms with Crippen LogP contribution in [0.2, 0.25) is 0 Å². The van der Waals surface area contributed by atoms with Crippen molar-refractivity contribution in [3.8, 4) is 23.0 Å². The fraction of sp³-hybridized carbons (Fsp3) is 0.345. The van der Waals surface area contributed by atoms with E-state index in [1.165, 1.54) is 25.3 Å². The molecular formula is C29H34N2O5. The number of aromatic hydroxyl groups is 1.